The molecule has 1 aromatic heterocycles. The first-order chi connectivity index (χ1) is 8.30. The van der Waals surface area contributed by atoms with Crippen LogP contribution in [0.2, 0.25) is 0 Å². The van der Waals surface area contributed by atoms with Crippen LogP contribution < -0.4 is 11.3 Å². The molecule has 1 aromatic rings. The van der Waals surface area contributed by atoms with Crippen LogP contribution >= 0.6 is 0 Å². The smallest absolute Gasteiger partial charge is 0.0307 e. The largest absolute Gasteiger partial charge is 0.271 e. The van der Waals surface area contributed by atoms with E-state index in [1.165, 1.54) is 37.7 Å². The van der Waals surface area contributed by atoms with E-state index in [4.69, 9.17) is 5.84 Å². The summed E-state index contributed by atoms with van der Waals surface area (Å²) in [6.07, 6.45) is 11.3. The number of aromatic nitrogens is 1. The van der Waals surface area contributed by atoms with Gasteiger partial charge in [-0.2, -0.15) is 0 Å². The van der Waals surface area contributed by atoms with E-state index < -0.39 is 0 Å². The highest BCUT2D eigenvalue weighted by molar-refractivity contribution is 5.13. The molecule has 0 spiro atoms. The molecular formula is C14H23N3. The zero-order chi connectivity index (χ0) is 12.1. The van der Waals surface area contributed by atoms with Crippen molar-refractivity contribution in [1.29, 1.82) is 0 Å². The van der Waals surface area contributed by atoms with Crippen molar-refractivity contribution in [2.24, 2.45) is 11.3 Å². The summed E-state index contributed by atoms with van der Waals surface area (Å²) < 4.78 is 0. The van der Waals surface area contributed by atoms with E-state index in [1.807, 2.05) is 12.4 Å². The zero-order valence-corrected chi connectivity index (χ0v) is 10.7. The Hall–Kier alpha value is -0.930. The molecule has 94 valence electrons. The summed E-state index contributed by atoms with van der Waals surface area (Å²) in [5.74, 6) is 5.80. The van der Waals surface area contributed by atoms with E-state index in [0.717, 1.165) is 6.42 Å². The average molecular weight is 233 g/mol. The standard InChI is InChI=1S/C14H23N3/c1-2-14(7-3-4-8-14)13(17-15)11-12-5-9-16-10-6-12/h5-6,9-10,13,17H,2-4,7-8,11,15H2,1H3. The summed E-state index contributed by atoms with van der Waals surface area (Å²) >= 11 is 0. The van der Waals surface area contributed by atoms with Crippen LogP contribution in [-0.4, -0.2) is 11.0 Å². The number of hydrogen-bond acceptors (Lipinski definition) is 3. The van der Waals surface area contributed by atoms with Gasteiger partial charge in [0.25, 0.3) is 0 Å². The summed E-state index contributed by atoms with van der Waals surface area (Å²) in [7, 11) is 0. The summed E-state index contributed by atoms with van der Waals surface area (Å²) in [6, 6.07) is 4.56. The molecule has 3 N–H and O–H groups in total. The maximum atomic E-state index is 5.80. The summed E-state index contributed by atoms with van der Waals surface area (Å²) in [4.78, 5) is 4.06. The highest BCUT2D eigenvalue weighted by Gasteiger charge is 2.39. The predicted molar refractivity (Wildman–Crippen MR) is 70.2 cm³/mol. The fraction of sp³-hybridized carbons (Fsp3) is 0.643. The Morgan fingerprint density at radius 1 is 1.35 bits per heavy atom. The number of pyridine rings is 1. The topological polar surface area (TPSA) is 50.9 Å². The molecule has 2 rings (SSSR count). The van der Waals surface area contributed by atoms with Crippen LogP contribution in [0.5, 0.6) is 0 Å². The molecule has 0 bridgehead atoms. The molecule has 0 aromatic carbocycles. The van der Waals surface area contributed by atoms with Crippen molar-refractivity contribution in [3.8, 4) is 0 Å². The summed E-state index contributed by atoms with van der Waals surface area (Å²) in [5.41, 5.74) is 4.79. The SMILES string of the molecule is CCC1(C(Cc2ccncc2)NN)CCCC1. The van der Waals surface area contributed by atoms with Crippen molar-refractivity contribution in [2.45, 2.75) is 51.5 Å². The molecule has 3 heteroatoms. The average Bonchev–Trinajstić information content (AvgIpc) is 2.87. The second kappa shape index (κ2) is 5.61. The molecule has 1 saturated carbocycles. The van der Waals surface area contributed by atoms with Crippen LogP contribution in [0.4, 0.5) is 0 Å². The van der Waals surface area contributed by atoms with Crippen LogP contribution in [0, 0.1) is 5.41 Å². The minimum atomic E-state index is 0.386. The predicted octanol–water partition coefficient (Wildman–Crippen LogP) is 2.43. The van der Waals surface area contributed by atoms with Crippen molar-refractivity contribution in [2.75, 3.05) is 0 Å². The van der Waals surface area contributed by atoms with E-state index in [2.05, 4.69) is 29.5 Å². The number of hydrogen-bond donors (Lipinski definition) is 2. The Morgan fingerprint density at radius 3 is 2.53 bits per heavy atom. The molecule has 1 aliphatic carbocycles. The summed E-state index contributed by atoms with van der Waals surface area (Å²) in [6.45, 7) is 2.29. The van der Waals surface area contributed by atoms with Gasteiger partial charge in [-0.3, -0.25) is 16.3 Å². The minimum absolute atomic E-state index is 0.386. The van der Waals surface area contributed by atoms with Gasteiger partial charge in [-0.15, -0.1) is 0 Å². The summed E-state index contributed by atoms with van der Waals surface area (Å²) in [5, 5.41) is 0. The first kappa shape index (κ1) is 12.5. The van der Waals surface area contributed by atoms with E-state index >= 15 is 0 Å². The van der Waals surface area contributed by atoms with Crippen LogP contribution in [0.1, 0.15) is 44.6 Å². The van der Waals surface area contributed by atoms with Gasteiger partial charge in [0, 0.05) is 18.4 Å². The van der Waals surface area contributed by atoms with Crippen LogP contribution in [0.15, 0.2) is 24.5 Å². The fourth-order valence-corrected chi connectivity index (χ4v) is 3.23. The lowest BCUT2D eigenvalue weighted by atomic mass is 9.74. The molecule has 1 heterocycles. The van der Waals surface area contributed by atoms with Gasteiger partial charge in [0.05, 0.1) is 0 Å². The third-order valence-corrected chi connectivity index (χ3v) is 4.43. The molecule has 0 radical (unpaired) electrons. The zero-order valence-electron chi connectivity index (χ0n) is 10.7. The van der Waals surface area contributed by atoms with E-state index in [9.17, 15) is 0 Å². The van der Waals surface area contributed by atoms with E-state index in [1.54, 1.807) is 0 Å². The number of nitrogens with zero attached hydrogens (tertiary/aromatic N) is 1. The van der Waals surface area contributed by atoms with Gasteiger partial charge in [-0.25, -0.2) is 0 Å². The fourth-order valence-electron chi connectivity index (χ4n) is 3.23. The van der Waals surface area contributed by atoms with Crippen molar-refractivity contribution < 1.29 is 0 Å². The Labute approximate surface area is 104 Å². The molecule has 1 aliphatic rings. The minimum Gasteiger partial charge on any atom is -0.271 e. The highest BCUT2D eigenvalue weighted by Crippen LogP contribution is 2.44. The van der Waals surface area contributed by atoms with E-state index in [-0.39, 0.29) is 0 Å². The Kier molecular flexibility index (Phi) is 4.13. The molecule has 0 aliphatic heterocycles. The van der Waals surface area contributed by atoms with Crippen LogP contribution in [0.3, 0.4) is 0 Å². The molecule has 0 amide bonds. The van der Waals surface area contributed by atoms with Gasteiger partial charge < -0.3 is 0 Å². The van der Waals surface area contributed by atoms with Crippen molar-refractivity contribution in [3.05, 3.63) is 30.1 Å². The van der Waals surface area contributed by atoms with Gasteiger partial charge in [0.15, 0.2) is 0 Å². The van der Waals surface area contributed by atoms with Crippen molar-refractivity contribution >= 4 is 0 Å². The second-order valence-electron chi connectivity index (χ2n) is 5.20. The van der Waals surface area contributed by atoms with Crippen molar-refractivity contribution in [1.82, 2.24) is 10.4 Å². The second-order valence-corrected chi connectivity index (χ2v) is 5.20. The third-order valence-electron chi connectivity index (χ3n) is 4.43. The lowest BCUT2D eigenvalue weighted by molar-refractivity contribution is 0.185. The van der Waals surface area contributed by atoms with Gasteiger partial charge in [0.2, 0.25) is 0 Å². The molecule has 17 heavy (non-hydrogen) atoms. The maximum Gasteiger partial charge on any atom is 0.0307 e. The van der Waals surface area contributed by atoms with Gasteiger partial charge >= 0.3 is 0 Å². The molecule has 0 saturated heterocycles. The normalized spacial score (nSPS) is 20.4. The first-order valence-electron chi connectivity index (χ1n) is 6.66. The highest BCUT2D eigenvalue weighted by atomic mass is 15.2. The number of nitrogens with one attached hydrogen (secondary N) is 1. The quantitative estimate of drug-likeness (QED) is 0.606. The molecule has 1 fully saturated rings. The lowest BCUT2D eigenvalue weighted by Crippen LogP contribution is -2.48. The molecule has 1 unspecified atom stereocenters. The molecule has 3 nitrogen and oxygen atoms in total. The Bertz CT molecular complexity index is 331. The lowest BCUT2D eigenvalue weighted by Gasteiger charge is -2.36. The third kappa shape index (κ3) is 2.67. The van der Waals surface area contributed by atoms with Crippen LogP contribution in [-0.2, 0) is 6.42 Å². The van der Waals surface area contributed by atoms with Gasteiger partial charge in [-0.05, 0) is 48.8 Å². The van der Waals surface area contributed by atoms with Crippen molar-refractivity contribution in [3.63, 3.8) is 0 Å². The van der Waals surface area contributed by atoms with Gasteiger partial charge in [0.1, 0.15) is 0 Å². The Morgan fingerprint density at radius 2 is 2.00 bits per heavy atom. The monoisotopic (exact) mass is 233 g/mol. The van der Waals surface area contributed by atoms with E-state index in [0.29, 0.717) is 11.5 Å². The number of hydrazine groups is 1. The number of nitrogens with two attached hydrogens (primary N) is 1. The first-order valence-corrected chi connectivity index (χ1v) is 6.66. The van der Waals surface area contributed by atoms with Crippen LogP contribution in [0.25, 0.3) is 0 Å². The number of rotatable bonds is 5. The van der Waals surface area contributed by atoms with Gasteiger partial charge in [-0.1, -0.05) is 19.8 Å². The molecular weight excluding hydrogens is 210 g/mol. The maximum absolute atomic E-state index is 5.80. The molecule has 1 atom stereocenters. The Balaban J connectivity index is 2.10.